The quantitative estimate of drug-likeness (QED) is 0.446. The van der Waals surface area contributed by atoms with Gasteiger partial charge in [0.05, 0.1) is 6.61 Å². The van der Waals surface area contributed by atoms with Crippen LogP contribution in [0.5, 0.6) is 5.75 Å². The number of rotatable bonds is 7. The third-order valence-electron chi connectivity index (χ3n) is 2.12. The second kappa shape index (κ2) is 7.28. The molecule has 0 bridgehead atoms. The Balaban J connectivity index is 2.44. The van der Waals surface area contributed by atoms with Crippen molar-refractivity contribution in [3.8, 4) is 5.75 Å². The molecule has 90 valence electrons. The Kier molecular flexibility index (Phi) is 5.58. The van der Waals surface area contributed by atoms with Gasteiger partial charge in [-0.05, 0) is 36.6 Å². The topological polar surface area (TPSA) is 46.5 Å². The predicted molar refractivity (Wildman–Crippen MR) is 68.0 cm³/mol. The van der Waals surface area contributed by atoms with Crippen molar-refractivity contribution in [3.63, 3.8) is 0 Å². The average molecular weight is 232 g/mol. The van der Waals surface area contributed by atoms with Crippen LogP contribution >= 0.6 is 0 Å². The summed E-state index contributed by atoms with van der Waals surface area (Å²) in [6, 6.07) is 7.30. The fourth-order valence-electron chi connectivity index (χ4n) is 1.26. The van der Waals surface area contributed by atoms with E-state index < -0.39 is 5.97 Å². The normalized spacial score (nSPS) is 10.4. The minimum Gasteiger partial charge on any atom is -0.494 e. The summed E-state index contributed by atoms with van der Waals surface area (Å²) in [5, 5.41) is 8.48. The van der Waals surface area contributed by atoms with Gasteiger partial charge in [0.15, 0.2) is 0 Å². The van der Waals surface area contributed by atoms with Crippen LogP contribution in [0.15, 0.2) is 43.0 Å². The first-order chi connectivity index (χ1) is 8.22. The molecule has 1 aromatic carbocycles. The Morgan fingerprint density at radius 1 is 1.35 bits per heavy atom. The fraction of sp³-hybridized carbons (Fsp3) is 0.214. The summed E-state index contributed by atoms with van der Waals surface area (Å²) < 4.78 is 5.50. The molecule has 0 saturated heterocycles. The maximum atomic E-state index is 10.3. The third-order valence-corrected chi connectivity index (χ3v) is 2.12. The van der Waals surface area contributed by atoms with E-state index in [4.69, 9.17) is 9.84 Å². The van der Waals surface area contributed by atoms with Crippen molar-refractivity contribution in [1.29, 1.82) is 0 Å². The summed E-state index contributed by atoms with van der Waals surface area (Å²) in [5.41, 5.74) is 0.839. The number of benzene rings is 1. The van der Waals surface area contributed by atoms with Gasteiger partial charge in [-0.15, -0.1) is 6.58 Å². The summed E-state index contributed by atoms with van der Waals surface area (Å²) in [4.78, 5) is 10.3. The Morgan fingerprint density at radius 2 is 2.06 bits per heavy atom. The first-order valence-corrected chi connectivity index (χ1v) is 5.47. The Labute approximate surface area is 101 Å². The number of carboxylic acids is 1. The van der Waals surface area contributed by atoms with Crippen LogP contribution in [-0.4, -0.2) is 17.7 Å². The molecule has 0 heterocycles. The maximum absolute atomic E-state index is 10.3. The van der Waals surface area contributed by atoms with Crippen molar-refractivity contribution in [3.05, 3.63) is 48.6 Å². The van der Waals surface area contributed by atoms with Gasteiger partial charge in [-0.2, -0.15) is 0 Å². The molecule has 0 amide bonds. The molecule has 1 rings (SSSR count). The summed E-state index contributed by atoms with van der Waals surface area (Å²) in [7, 11) is 0. The lowest BCUT2D eigenvalue weighted by Crippen LogP contribution is -1.96. The van der Waals surface area contributed by atoms with E-state index >= 15 is 0 Å². The molecule has 3 nitrogen and oxygen atoms in total. The molecule has 0 aliphatic rings. The molecule has 0 aromatic heterocycles. The number of hydrogen-bond donors (Lipinski definition) is 1. The number of ether oxygens (including phenoxy) is 1. The van der Waals surface area contributed by atoms with E-state index in [1.54, 1.807) is 6.08 Å². The Bertz CT molecular complexity index is 390. The second-order valence-electron chi connectivity index (χ2n) is 3.52. The Morgan fingerprint density at radius 3 is 2.65 bits per heavy atom. The molecule has 1 N–H and O–H groups in total. The minimum absolute atomic E-state index is 0.663. The lowest BCUT2D eigenvalue weighted by molar-refractivity contribution is -0.131. The van der Waals surface area contributed by atoms with Gasteiger partial charge in [-0.1, -0.05) is 18.2 Å². The molecule has 0 aliphatic carbocycles. The molecule has 0 unspecified atom stereocenters. The van der Waals surface area contributed by atoms with Gasteiger partial charge in [-0.3, -0.25) is 0 Å². The number of unbranched alkanes of at least 4 members (excludes halogenated alkanes) is 1. The number of carboxylic acid groups (broad SMARTS) is 1. The van der Waals surface area contributed by atoms with Gasteiger partial charge in [0, 0.05) is 6.08 Å². The largest absolute Gasteiger partial charge is 0.494 e. The molecule has 17 heavy (non-hydrogen) atoms. The summed E-state index contributed by atoms with van der Waals surface area (Å²) in [5.74, 6) is -0.156. The van der Waals surface area contributed by atoms with Crippen LogP contribution in [0, 0.1) is 0 Å². The fourth-order valence-corrected chi connectivity index (χ4v) is 1.26. The van der Waals surface area contributed by atoms with E-state index in [1.807, 2.05) is 30.3 Å². The van der Waals surface area contributed by atoms with Gasteiger partial charge in [0.25, 0.3) is 0 Å². The zero-order valence-electron chi connectivity index (χ0n) is 9.63. The van der Waals surface area contributed by atoms with Crippen molar-refractivity contribution in [2.75, 3.05) is 6.61 Å². The molecule has 0 atom stereocenters. The average Bonchev–Trinajstić information content (AvgIpc) is 2.33. The number of carbonyl (C=O) groups is 1. The van der Waals surface area contributed by atoms with Gasteiger partial charge in [0.1, 0.15) is 5.75 Å². The molecule has 0 radical (unpaired) electrons. The molecule has 3 heteroatoms. The first kappa shape index (κ1) is 13.0. The molecular weight excluding hydrogens is 216 g/mol. The van der Waals surface area contributed by atoms with E-state index in [-0.39, 0.29) is 0 Å². The number of aliphatic carboxylic acids is 1. The van der Waals surface area contributed by atoms with Gasteiger partial charge < -0.3 is 9.84 Å². The van der Waals surface area contributed by atoms with Crippen molar-refractivity contribution in [2.45, 2.75) is 12.8 Å². The van der Waals surface area contributed by atoms with Crippen LogP contribution in [0.1, 0.15) is 18.4 Å². The number of allylic oxidation sites excluding steroid dienone is 1. The van der Waals surface area contributed by atoms with Crippen LogP contribution in [0.4, 0.5) is 0 Å². The first-order valence-electron chi connectivity index (χ1n) is 5.47. The standard InChI is InChI=1S/C14H16O3/c1-2-3-4-11-17-13-8-5-12(6-9-13)7-10-14(15)16/h2,5-10H,1,3-4,11H2,(H,15,16). The Hall–Kier alpha value is -2.03. The minimum atomic E-state index is -0.949. The predicted octanol–water partition coefficient (Wildman–Crippen LogP) is 3.13. The van der Waals surface area contributed by atoms with Crippen molar-refractivity contribution >= 4 is 12.0 Å². The molecule has 0 aliphatic heterocycles. The van der Waals surface area contributed by atoms with E-state index in [0.717, 1.165) is 30.2 Å². The van der Waals surface area contributed by atoms with Gasteiger partial charge >= 0.3 is 5.97 Å². The zero-order valence-corrected chi connectivity index (χ0v) is 9.63. The smallest absolute Gasteiger partial charge is 0.328 e. The van der Waals surface area contributed by atoms with Crippen LogP contribution in [-0.2, 0) is 4.79 Å². The van der Waals surface area contributed by atoms with E-state index in [0.29, 0.717) is 6.61 Å². The number of hydrogen-bond acceptors (Lipinski definition) is 2. The van der Waals surface area contributed by atoms with Crippen molar-refractivity contribution < 1.29 is 14.6 Å². The molecule has 1 aromatic rings. The van der Waals surface area contributed by atoms with E-state index in [1.165, 1.54) is 0 Å². The second-order valence-corrected chi connectivity index (χ2v) is 3.52. The van der Waals surface area contributed by atoms with Gasteiger partial charge in [0.2, 0.25) is 0 Å². The van der Waals surface area contributed by atoms with Crippen LogP contribution in [0.25, 0.3) is 6.08 Å². The highest BCUT2D eigenvalue weighted by molar-refractivity contribution is 5.85. The van der Waals surface area contributed by atoms with E-state index in [2.05, 4.69) is 6.58 Å². The molecule has 0 fully saturated rings. The van der Waals surface area contributed by atoms with Gasteiger partial charge in [-0.25, -0.2) is 4.79 Å². The third kappa shape index (κ3) is 5.56. The maximum Gasteiger partial charge on any atom is 0.328 e. The van der Waals surface area contributed by atoms with Crippen LogP contribution in [0.3, 0.4) is 0 Å². The lowest BCUT2D eigenvalue weighted by Gasteiger charge is -2.04. The molecule has 0 spiro atoms. The van der Waals surface area contributed by atoms with Crippen molar-refractivity contribution in [1.82, 2.24) is 0 Å². The highest BCUT2D eigenvalue weighted by Gasteiger charge is 1.94. The lowest BCUT2D eigenvalue weighted by atomic mass is 10.2. The summed E-state index contributed by atoms with van der Waals surface area (Å²) in [6.07, 6.45) is 6.41. The summed E-state index contributed by atoms with van der Waals surface area (Å²) >= 11 is 0. The van der Waals surface area contributed by atoms with Crippen LogP contribution < -0.4 is 4.74 Å². The van der Waals surface area contributed by atoms with E-state index in [9.17, 15) is 4.79 Å². The highest BCUT2D eigenvalue weighted by Crippen LogP contribution is 2.13. The zero-order chi connectivity index (χ0) is 12.5. The molecular formula is C14H16O3. The molecule has 0 saturated carbocycles. The summed E-state index contributed by atoms with van der Waals surface area (Å²) in [6.45, 7) is 4.30. The van der Waals surface area contributed by atoms with Crippen LogP contribution in [0.2, 0.25) is 0 Å². The highest BCUT2D eigenvalue weighted by atomic mass is 16.5. The van der Waals surface area contributed by atoms with Crippen molar-refractivity contribution in [2.24, 2.45) is 0 Å². The SMILES string of the molecule is C=CCCCOc1ccc(C=CC(=O)O)cc1. The monoisotopic (exact) mass is 232 g/mol.